The van der Waals surface area contributed by atoms with Crippen LogP contribution < -0.4 is 11.1 Å². The molecule has 0 bridgehead atoms. The van der Waals surface area contributed by atoms with Gasteiger partial charge in [-0.3, -0.25) is 0 Å². The summed E-state index contributed by atoms with van der Waals surface area (Å²) in [5.41, 5.74) is 6.96. The van der Waals surface area contributed by atoms with Crippen LogP contribution in [-0.4, -0.2) is 30.8 Å². The summed E-state index contributed by atoms with van der Waals surface area (Å²) in [4.78, 5) is 0. The Morgan fingerprint density at radius 2 is 2.18 bits per heavy atom. The van der Waals surface area contributed by atoms with Gasteiger partial charge in [-0.05, 0) is 17.7 Å². The Morgan fingerprint density at radius 3 is 2.76 bits per heavy atom. The first kappa shape index (κ1) is 14.6. The van der Waals surface area contributed by atoms with Gasteiger partial charge in [0, 0.05) is 29.0 Å². The Labute approximate surface area is 112 Å². The van der Waals surface area contributed by atoms with Gasteiger partial charge in [-0.15, -0.1) is 0 Å². The third-order valence-corrected chi connectivity index (χ3v) is 3.31. The zero-order valence-corrected chi connectivity index (χ0v) is 12.0. The van der Waals surface area contributed by atoms with E-state index in [0.29, 0.717) is 6.54 Å². The minimum atomic E-state index is -0.187. The van der Waals surface area contributed by atoms with Gasteiger partial charge in [0.25, 0.3) is 0 Å². The third kappa shape index (κ3) is 4.76. The molecule has 0 saturated carbocycles. The topological polar surface area (TPSA) is 58.3 Å². The van der Waals surface area contributed by atoms with Gasteiger partial charge in [-0.2, -0.15) is 0 Å². The predicted octanol–water partition coefficient (Wildman–Crippen LogP) is 1.64. The molecule has 96 valence electrons. The summed E-state index contributed by atoms with van der Waals surface area (Å²) < 4.78 is 1.09. The van der Waals surface area contributed by atoms with Crippen molar-refractivity contribution in [2.45, 2.75) is 25.3 Å². The number of aliphatic hydroxyl groups excluding tert-OH is 1. The second kappa shape index (κ2) is 6.50. The second-order valence-corrected chi connectivity index (χ2v) is 5.88. The molecule has 0 fully saturated rings. The van der Waals surface area contributed by atoms with Crippen molar-refractivity contribution < 1.29 is 5.11 Å². The lowest BCUT2D eigenvalue weighted by molar-refractivity contribution is 0.260. The number of benzene rings is 1. The zero-order chi connectivity index (χ0) is 12.9. The average molecular weight is 301 g/mol. The molecule has 0 saturated heterocycles. The van der Waals surface area contributed by atoms with E-state index in [1.807, 2.05) is 12.1 Å². The van der Waals surface area contributed by atoms with Gasteiger partial charge >= 0.3 is 0 Å². The van der Waals surface area contributed by atoms with E-state index >= 15 is 0 Å². The molecule has 0 aliphatic rings. The maximum atomic E-state index is 8.85. The van der Waals surface area contributed by atoms with E-state index in [-0.39, 0.29) is 18.1 Å². The summed E-state index contributed by atoms with van der Waals surface area (Å²) in [6, 6.07) is 8.13. The van der Waals surface area contributed by atoms with E-state index in [1.54, 1.807) is 0 Å². The summed E-state index contributed by atoms with van der Waals surface area (Å²) in [5.74, 6) is 0. The highest BCUT2D eigenvalue weighted by atomic mass is 79.9. The quantitative estimate of drug-likeness (QED) is 0.748. The van der Waals surface area contributed by atoms with Crippen LogP contribution in [0.3, 0.4) is 0 Å². The van der Waals surface area contributed by atoms with Crippen LogP contribution in [0.25, 0.3) is 0 Å². The third-order valence-electron chi connectivity index (χ3n) is 2.81. The molecule has 1 rings (SSSR count). The monoisotopic (exact) mass is 300 g/mol. The van der Waals surface area contributed by atoms with Gasteiger partial charge in [0.15, 0.2) is 0 Å². The Kier molecular flexibility index (Phi) is 5.59. The molecule has 4 N–H and O–H groups in total. The molecule has 1 aromatic rings. The van der Waals surface area contributed by atoms with Crippen molar-refractivity contribution in [3.8, 4) is 0 Å². The Bertz CT molecular complexity index is 355. The fraction of sp³-hybridized carbons (Fsp3) is 0.538. The van der Waals surface area contributed by atoms with E-state index < -0.39 is 0 Å². The Balaban J connectivity index is 2.56. The van der Waals surface area contributed by atoms with Crippen LogP contribution in [0.1, 0.15) is 19.4 Å². The summed E-state index contributed by atoms with van der Waals surface area (Å²) in [7, 11) is 0. The molecule has 1 aromatic carbocycles. The fourth-order valence-electron chi connectivity index (χ4n) is 1.65. The lowest BCUT2D eigenvalue weighted by atomic mass is 9.84. The van der Waals surface area contributed by atoms with Crippen molar-refractivity contribution >= 4 is 15.9 Å². The van der Waals surface area contributed by atoms with Crippen molar-refractivity contribution in [1.29, 1.82) is 0 Å². The van der Waals surface area contributed by atoms with Crippen LogP contribution in [0.2, 0.25) is 0 Å². The van der Waals surface area contributed by atoms with E-state index in [4.69, 9.17) is 10.8 Å². The molecule has 1 atom stereocenters. The zero-order valence-electron chi connectivity index (χ0n) is 10.4. The number of nitrogens with one attached hydrogen (secondary N) is 1. The van der Waals surface area contributed by atoms with Gasteiger partial charge in [0.1, 0.15) is 0 Å². The average Bonchev–Trinajstić information content (AvgIpc) is 2.28. The molecule has 17 heavy (non-hydrogen) atoms. The molecule has 0 spiro atoms. The largest absolute Gasteiger partial charge is 0.395 e. The Hall–Kier alpha value is -0.420. The Morgan fingerprint density at radius 1 is 1.47 bits per heavy atom. The number of nitrogens with two attached hydrogens (primary N) is 1. The molecule has 3 nitrogen and oxygen atoms in total. The molecule has 0 amide bonds. The maximum Gasteiger partial charge on any atom is 0.0594 e. The molecule has 1 unspecified atom stereocenters. The molecule has 0 aromatic heterocycles. The number of rotatable bonds is 6. The summed E-state index contributed by atoms with van der Waals surface area (Å²) in [6.45, 7) is 5.86. The first-order valence-electron chi connectivity index (χ1n) is 5.79. The smallest absolute Gasteiger partial charge is 0.0594 e. The van der Waals surface area contributed by atoms with Gasteiger partial charge in [-0.25, -0.2) is 0 Å². The highest BCUT2D eigenvalue weighted by molar-refractivity contribution is 9.10. The molecule has 0 heterocycles. The van der Waals surface area contributed by atoms with Crippen molar-refractivity contribution in [2.75, 3.05) is 19.7 Å². The molecule has 0 aliphatic heterocycles. The van der Waals surface area contributed by atoms with E-state index in [2.05, 4.69) is 47.2 Å². The summed E-state index contributed by atoms with van der Waals surface area (Å²) in [5, 5.41) is 12.1. The predicted molar refractivity (Wildman–Crippen MR) is 75.1 cm³/mol. The first-order chi connectivity index (χ1) is 7.95. The molecular weight excluding hydrogens is 280 g/mol. The molecular formula is C13H21BrN2O. The van der Waals surface area contributed by atoms with E-state index in [9.17, 15) is 0 Å². The van der Waals surface area contributed by atoms with Gasteiger partial charge in [0.2, 0.25) is 0 Å². The first-order valence-corrected chi connectivity index (χ1v) is 6.58. The van der Waals surface area contributed by atoms with Crippen LogP contribution in [0.15, 0.2) is 28.7 Å². The van der Waals surface area contributed by atoms with Gasteiger partial charge in [0.05, 0.1) is 6.61 Å². The molecule has 0 aliphatic carbocycles. The van der Waals surface area contributed by atoms with Crippen LogP contribution in [-0.2, 0) is 5.41 Å². The minimum absolute atomic E-state index is 0.0182. The maximum absolute atomic E-state index is 8.85. The highest BCUT2D eigenvalue weighted by Crippen LogP contribution is 2.24. The van der Waals surface area contributed by atoms with Crippen LogP contribution in [0, 0.1) is 0 Å². The van der Waals surface area contributed by atoms with Crippen molar-refractivity contribution in [1.82, 2.24) is 5.32 Å². The normalized spacial score (nSPS) is 13.7. The number of hydrogen-bond donors (Lipinski definition) is 3. The number of halogens is 1. The SMILES string of the molecule is CC(C)(CNCC(N)CO)c1cccc(Br)c1. The standard InChI is InChI=1S/C13H21BrN2O/c1-13(2,9-16-7-12(15)8-17)10-4-3-5-11(14)6-10/h3-6,12,16-17H,7-9,15H2,1-2H3. The molecule has 0 radical (unpaired) electrons. The second-order valence-electron chi connectivity index (χ2n) is 4.97. The van der Waals surface area contributed by atoms with E-state index in [1.165, 1.54) is 5.56 Å². The summed E-state index contributed by atoms with van der Waals surface area (Å²) in [6.07, 6.45) is 0. The van der Waals surface area contributed by atoms with Crippen molar-refractivity contribution in [3.63, 3.8) is 0 Å². The van der Waals surface area contributed by atoms with Gasteiger partial charge < -0.3 is 16.2 Å². The van der Waals surface area contributed by atoms with Crippen molar-refractivity contribution in [2.24, 2.45) is 5.73 Å². The van der Waals surface area contributed by atoms with Crippen molar-refractivity contribution in [3.05, 3.63) is 34.3 Å². The number of hydrogen-bond acceptors (Lipinski definition) is 3. The lowest BCUT2D eigenvalue weighted by Crippen LogP contribution is -2.41. The fourth-order valence-corrected chi connectivity index (χ4v) is 2.05. The molecule has 4 heteroatoms. The van der Waals surface area contributed by atoms with Crippen LogP contribution in [0.5, 0.6) is 0 Å². The minimum Gasteiger partial charge on any atom is -0.395 e. The van der Waals surface area contributed by atoms with Crippen LogP contribution in [0.4, 0.5) is 0 Å². The summed E-state index contributed by atoms with van der Waals surface area (Å²) >= 11 is 3.48. The number of aliphatic hydroxyl groups is 1. The van der Waals surface area contributed by atoms with Crippen LogP contribution >= 0.6 is 15.9 Å². The lowest BCUT2D eigenvalue weighted by Gasteiger charge is -2.26. The van der Waals surface area contributed by atoms with Gasteiger partial charge in [-0.1, -0.05) is 41.9 Å². The van der Waals surface area contributed by atoms with E-state index in [0.717, 1.165) is 11.0 Å². The highest BCUT2D eigenvalue weighted by Gasteiger charge is 2.20.